The largest absolute Gasteiger partial charge is 0.462 e. The van der Waals surface area contributed by atoms with E-state index in [0.717, 1.165) is 18.9 Å². The standard InChI is InChI=1S/C11H19O2/c1-4-7-8-10(5-2)9-13-11(12)6-3/h3,6,10H,4-5,7-9H2,1-2H3. The summed E-state index contributed by atoms with van der Waals surface area (Å²) in [6.07, 6.45) is 5.53. The van der Waals surface area contributed by atoms with Gasteiger partial charge in [-0.05, 0) is 12.3 Å². The molecule has 0 N–H and O–H groups in total. The van der Waals surface area contributed by atoms with Gasteiger partial charge >= 0.3 is 5.97 Å². The van der Waals surface area contributed by atoms with E-state index in [9.17, 15) is 4.79 Å². The van der Waals surface area contributed by atoms with Crippen LogP contribution in [0.25, 0.3) is 0 Å². The smallest absolute Gasteiger partial charge is 0.330 e. The molecule has 0 heterocycles. The molecule has 0 spiro atoms. The summed E-state index contributed by atoms with van der Waals surface area (Å²) in [6.45, 7) is 9.77. The predicted octanol–water partition coefficient (Wildman–Crippen LogP) is 2.74. The zero-order chi connectivity index (χ0) is 10.1. The Morgan fingerprint density at radius 1 is 1.54 bits per heavy atom. The third-order valence-corrected chi connectivity index (χ3v) is 2.14. The highest BCUT2D eigenvalue weighted by atomic mass is 16.5. The molecular formula is C11H19O2. The van der Waals surface area contributed by atoms with Gasteiger partial charge in [0, 0.05) is 6.08 Å². The van der Waals surface area contributed by atoms with E-state index in [0.29, 0.717) is 12.5 Å². The van der Waals surface area contributed by atoms with Gasteiger partial charge in [-0.2, -0.15) is 0 Å². The van der Waals surface area contributed by atoms with Crippen molar-refractivity contribution in [1.29, 1.82) is 0 Å². The van der Waals surface area contributed by atoms with Crippen molar-refractivity contribution in [1.82, 2.24) is 0 Å². The van der Waals surface area contributed by atoms with Crippen LogP contribution in [0.3, 0.4) is 0 Å². The van der Waals surface area contributed by atoms with Gasteiger partial charge in [-0.15, -0.1) is 0 Å². The monoisotopic (exact) mass is 183 g/mol. The molecular weight excluding hydrogens is 164 g/mol. The fourth-order valence-electron chi connectivity index (χ4n) is 1.15. The van der Waals surface area contributed by atoms with E-state index >= 15 is 0 Å². The number of unbranched alkanes of at least 4 members (excludes halogenated alkanes) is 1. The first-order valence-electron chi connectivity index (χ1n) is 4.96. The molecule has 0 aliphatic carbocycles. The summed E-state index contributed by atoms with van der Waals surface area (Å²) >= 11 is 0. The van der Waals surface area contributed by atoms with Crippen molar-refractivity contribution < 1.29 is 9.53 Å². The van der Waals surface area contributed by atoms with E-state index in [1.165, 1.54) is 12.8 Å². The number of hydrogen-bond acceptors (Lipinski definition) is 2. The molecule has 0 bridgehead atoms. The van der Waals surface area contributed by atoms with Crippen molar-refractivity contribution in [2.24, 2.45) is 5.92 Å². The second-order valence-corrected chi connectivity index (χ2v) is 3.21. The molecule has 0 aliphatic rings. The lowest BCUT2D eigenvalue weighted by Crippen LogP contribution is -2.12. The number of carbonyl (C=O) groups excluding carboxylic acids is 1. The second-order valence-electron chi connectivity index (χ2n) is 3.21. The molecule has 2 heteroatoms. The van der Waals surface area contributed by atoms with Gasteiger partial charge in [0.1, 0.15) is 0 Å². The summed E-state index contributed by atoms with van der Waals surface area (Å²) < 4.78 is 4.92. The molecule has 0 aromatic heterocycles. The Hall–Kier alpha value is -0.790. The minimum Gasteiger partial charge on any atom is -0.462 e. The van der Waals surface area contributed by atoms with Crippen LogP contribution < -0.4 is 0 Å². The molecule has 0 fully saturated rings. The van der Waals surface area contributed by atoms with Gasteiger partial charge in [-0.3, -0.25) is 0 Å². The average Bonchev–Trinajstić information content (AvgIpc) is 2.17. The Kier molecular flexibility index (Phi) is 7.36. The summed E-state index contributed by atoms with van der Waals surface area (Å²) in [4.78, 5) is 10.7. The number of rotatable bonds is 7. The molecule has 75 valence electrons. The molecule has 13 heavy (non-hydrogen) atoms. The maximum atomic E-state index is 10.7. The molecule has 0 aromatic carbocycles. The fraction of sp³-hybridized carbons (Fsp3) is 0.727. The minimum absolute atomic E-state index is 0.421. The van der Waals surface area contributed by atoms with E-state index in [1.807, 2.05) is 0 Å². The van der Waals surface area contributed by atoms with Crippen LogP contribution in [0.4, 0.5) is 0 Å². The summed E-state index contributed by atoms with van der Waals surface area (Å²) in [6, 6.07) is 0. The van der Waals surface area contributed by atoms with Gasteiger partial charge in [0.25, 0.3) is 0 Å². The minimum atomic E-state index is -0.421. The van der Waals surface area contributed by atoms with Crippen LogP contribution in [0.15, 0.2) is 6.08 Å². The third-order valence-electron chi connectivity index (χ3n) is 2.14. The van der Waals surface area contributed by atoms with Crippen LogP contribution in [0, 0.1) is 12.5 Å². The Morgan fingerprint density at radius 2 is 2.23 bits per heavy atom. The van der Waals surface area contributed by atoms with Crippen LogP contribution in [0.1, 0.15) is 39.5 Å². The SMILES string of the molecule is [CH]=CC(=O)OCC(CC)CCCC. The highest BCUT2D eigenvalue weighted by molar-refractivity contribution is 5.80. The van der Waals surface area contributed by atoms with Crippen molar-refractivity contribution in [3.63, 3.8) is 0 Å². The Balaban J connectivity index is 3.58. The summed E-state index contributed by atoms with van der Waals surface area (Å²) in [5.74, 6) is 0.0683. The molecule has 0 aliphatic heterocycles. The maximum absolute atomic E-state index is 10.7. The zero-order valence-corrected chi connectivity index (χ0v) is 8.58. The van der Waals surface area contributed by atoms with E-state index in [1.54, 1.807) is 0 Å². The highest BCUT2D eigenvalue weighted by Gasteiger charge is 2.07. The van der Waals surface area contributed by atoms with E-state index in [4.69, 9.17) is 11.3 Å². The second kappa shape index (κ2) is 7.84. The average molecular weight is 183 g/mol. The molecule has 0 aromatic rings. The molecule has 0 saturated heterocycles. The first-order chi connectivity index (χ1) is 6.24. The summed E-state index contributed by atoms with van der Waals surface area (Å²) in [5, 5.41) is 0. The third kappa shape index (κ3) is 6.38. The molecule has 0 amide bonds. The van der Waals surface area contributed by atoms with Crippen molar-refractivity contribution in [2.45, 2.75) is 39.5 Å². The van der Waals surface area contributed by atoms with E-state index < -0.39 is 5.97 Å². The van der Waals surface area contributed by atoms with Gasteiger partial charge in [0.2, 0.25) is 0 Å². The first kappa shape index (κ1) is 12.2. The van der Waals surface area contributed by atoms with Crippen LogP contribution in [-0.4, -0.2) is 12.6 Å². The number of carbonyl (C=O) groups is 1. The number of ether oxygens (including phenoxy) is 1. The Bertz CT molecular complexity index is 152. The lowest BCUT2D eigenvalue weighted by molar-refractivity contribution is -0.139. The maximum Gasteiger partial charge on any atom is 0.330 e. The molecule has 1 atom stereocenters. The number of hydrogen-bond donors (Lipinski definition) is 0. The quantitative estimate of drug-likeness (QED) is 0.448. The highest BCUT2D eigenvalue weighted by Crippen LogP contribution is 2.12. The number of esters is 1. The van der Waals surface area contributed by atoms with Crippen LogP contribution in [-0.2, 0) is 9.53 Å². The van der Waals surface area contributed by atoms with Crippen LogP contribution in [0.2, 0.25) is 0 Å². The van der Waals surface area contributed by atoms with Gasteiger partial charge in [-0.25, -0.2) is 4.79 Å². The lowest BCUT2D eigenvalue weighted by atomic mass is 10.0. The first-order valence-corrected chi connectivity index (χ1v) is 4.96. The fourth-order valence-corrected chi connectivity index (χ4v) is 1.15. The van der Waals surface area contributed by atoms with Crippen LogP contribution >= 0.6 is 0 Å². The van der Waals surface area contributed by atoms with Gasteiger partial charge < -0.3 is 4.74 Å². The van der Waals surface area contributed by atoms with Crippen molar-refractivity contribution >= 4 is 5.97 Å². The van der Waals surface area contributed by atoms with E-state index in [2.05, 4.69) is 13.8 Å². The zero-order valence-electron chi connectivity index (χ0n) is 8.58. The lowest BCUT2D eigenvalue weighted by Gasteiger charge is -2.13. The molecule has 1 radical (unpaired) electrons. The van der Waals surface area contributed by atoms with Gasteiger partial charge in [0.05, 0.1) is 6.61 Å². The van der Waals surface area contributed by atoms with Crippen LogP contribution in [0.5, 0.6) is 0 Å². The van der Waals surface area contributed by atoms with Crippen molar-refractivity contribution in [3.8, 4) is 0 Å². The van der Waals surface area contributed by atoms with Gasteiger partial charge in [0.15, 0.2) is 0 Å². The molecule has 1 unspecified atom stereocenters. The van der Waals surface area contributed by atoms with Crippen molar-refractivity contribution in [3.05, 3.63) is 12.7 Å². The topological polar surface area (TPSA) is 26.3 Å². The summed E-state index contributed by atoms with van der Waals surface area (Å²) in [7, 11) is 0. The summed E-state index contributed by atoms with van der Waals surface area (Å²) in [5.41, 5.74) is 0. The molecule has 2 nitrogen and oxygen atoms in total. The Labute approximate surface area is 81.0 Å². The van der Waals surface area contributed by atoms with Gasteiger partial charge in [-0.1, -0.05) is 39.7 Å². The predicted molar refractivity (Wildman–Crippen MR) is 53.1 cm³/mol. The molecule has 0 saturated carbocycles. The van der Waals surface area contributed by atoms with E-state index in [-0.39, 0.29) is 0 Å². The van der Waals surface area contributed by atoms with Crippen molar-refractivity contribution in [2.75, 3.05) is 6.61 Å². The molecule has 0 rings (SSSR count). The Morgan fingerprint density at radius 3 is 2.69 bits per heavy atom. The normalized spacial score (nSPS) is 12.2.